The van der Waals surface area contributed by atoms with Crippen LogP contribution in [-0.4, -0.2) is 67.4 Å². The maximum atomic E-state index is 11.4. The summed E-state index contributed by atoms with van der Waals surface area (Å²) in [5.74, 6) is -0.247. The second kappa shape index (κ2) is 9.17. The average molecular weight is 362 g/mol. The number of aliphatic imine (C=N–C) groups is 1. The normalized spacial score (nSPS) is 16.5. The standard InChI is InChI=1S/C19H26N2O3S/c1-19(2,21-10-12-24-13-11-21)18(20-9-8-17(22)23-3)16-6-4-15(14-25)5-7-16/h4-7,14H,8-13H2,1-3H3. The molecule has 1 aromatic carbocycles. The summed E-state index contributed by atoms with van der Waals surface area (Å²) in [4.78, 5) is 18.6. The highest BCUT2D eigenvalue weighted by Gasteiger charge is 2.34. The van der Waals surface area contributed by atoms with Crippen LogP contribution in [0.1, 0.15) is 31.4 Å². The monoisotopic (exact) mass is 362 g/mol. The lowest BCUT2D eigenvalue weighted by Gasteiger charge is -2.41. The number of nitrogens with zero attached hydrogens (tertiary/aromatic N) is 2. The average Bonchev–Trinajstić information content (AvgIpc) is 2.65. The molecule has 1 fully saturated rings. The van der Waals surface area contributed by atoms with E-state index in [4.69, 9.17) is 26.7 Å². The van der Waals surface area contributed by atoms with Gasteiger partial charge in [0.05, 0.1) is 38.0 Å². The minimum atomic E-state index is -0.265. The Bertz CT molecular complexity index is 620. The Labute approximate surface area is 155 Å². The van der Waals surface area contributed by atoms with Crippen LogP contribution in [0.5, 0.6) is 0 Å². The topological polar surface area (TPSA) is 51.1 Å². The first-order valence-electron chi connectivity index (χ1n) is 8.49. The fourth-order valence-corrected chi connectivity index (χ4v) is 3.15. The Morgan fingerprint density at radius 1 is 1.32 bits per heavy atom. The number of hydrogen-bond acceptors (Lipinski definition) is 6. The van der Waals surface area contributed by atoms with Crippen molar-refractivity contribution >= 4 is 29.3 Å². The quantitative estimate of drug-likeness (QED) is 0.424. The van der Waals surface area contributed by atoms with Crippen LogP contribution in [0.3, 0.4) is 0 Å². The molecule has 0 saturated carbocycles. The zero-order chi connectivity index (χ0) is 18.3. The molecule has 1 aliphatic rings. The Morgan fingerprint density at radius 3 is 2.52 bits per heavy atom. The van der Waals surface area contributed by atoms with E-state index in [0.717, 1.165) is 43.1 Å². The molecular weight excluding hydrogens is 336 g/mol. The van der Waals surface area contributed by atoms with Gasteiger partial charge in [-0.05, 0) is 25.0 Å². The smallest absolute Gasteiger partial charge is 0.307 e. The molecule has 0 aromatic heterocycles. The van der Waals surface area contributed by atoms with Gasteiger partial charge in [0.15, 0.2) is 0 Å². The Hall–Kier alpha value is -1.63. The van der Waals surface area contributed by atoms with Gasteiger partial charge >= 0.3 is 5.97 Å². The van der Waals surface area contributed by atoms with Gasteiger partial charge in [0.2, 0.25) is 0 Å². The van der Waals surface area contributed by atoms with Gasteiger partial charge in [0.1, 0.15) is 0 Å². The third kappa shape index (κ3) is 5.17. The maximum Gasteiger partial charge on any atom is 0.307 e. The van der Waals surface area contributed by atoms with E-state index < -0.39 is 0 Å². The predicted octanol–water partition coefficient (Wildman–Crippen LogP) is 2.50. The molecule has 1 saturated heterocycles. The fourth-order valence-electron chi connectivity index (χ4n) is 2.99. The molecule has 2 rings (SSSR count). The van der Waals surface area contributed by atoms with E-state index in [0.29, 0.717) is 6.54 Å². The van der Waals surface area contributed by atoms with Crippen LogP contribution in [0, 0.1) is 0 Å². The van der Waals surface area contributed by atoms with Crippen molar-refractivity contribution in [1.82, 2.24) is 4.90 Å². The van der Waals surface area contributed by atoms with Crippen LogP contribution in [-0.2, 0) is 14.3 Å². The minimum Gasteiger partial charge on any atom is -0.469 e. The number of rotatable bonds is 7. The summed E-state index contributed by atoms with van der Waals surface area (Å²) >= 11 is 4.99. The number of hydrogen-bond donors (Lipinski definition) is 0. The van der Waals surface area contributed by atoms with Gasteiger partial charge in [-0.25, -0.2) is 0 Å². The highest BCUT2D eigenvalue weighted by molar-refractivity contribution is 7.79. The Kier molecular flexibility index (Phi) is 7.23. The zero-order valence-corrected chi connectivity index (χ0v) is 16.0. The summed E-state index contributed by atoms with van der Waals surface area (Å²) in [5.41, 5.74) is 2.74. The van der Waals surface area contributed by atoms with E-state index in [1.165, 1.54) is 7.11 Å². The molecule has 136 valence electrons. The van der Waals surface area contributed by atoms with Crippen LogP contribution in [0.15, 0.2) is 29.3 Å². The predicted molar refractivity (Wildman–Crippen MR) is 104 cm³/mol. The number of carbonyl (C=O) groups excluding carboxylic acids is 1. The van der Waals surface area contributed by atoms with Crippen molar-refractivity contribution in [3.63, 3.8) is 0 Å². The molecular formula is C19H26N2O3S. The van der Waals surface area contributed by atoms with Gasteiger partial charge in [-0.1, -0.05) is 36.5 Å². The van der Waals surface area contributed by atoms with Gasteiger partial charge in [-0.2, -0.15) is 0 Å². The SMILES string of the molecule is COC(=O)CCN=C(c1ccc(C=S)cc1)C(C)(C)N1CCOCC1. The molecule has 0 amide bonds. The Morgan fingerprint density at radius 2 is 1.96 bits per heavy atom. The number of morpholine rings is 1. The molecule has 1 aliphatic heterocycles. The molecule has 0 spiro atoms. The molecule has 0 atom stereocenters. The largest absolute Gasteiger partial charge is 0.469 e. The molecule has 25 heavy (non-hydrogen) atoms. The van der Waals surface area contributed by atoms with E-state index in [-0.39, 0.29) is 17.9 Å². The molecule has 1 aromatic rings. The fraction of sp³-hybridized carbons (Fsp3) is 0.526. The highest BCUT2D eigenvalue weighted by Crippen LogP contribution is 2.23. The third-order valence-electron chi connectivity index (χ3n) is 4.51. The van der Waals surface area contributed by atoms with E-state index in [1.54, 1.807) is 5.37 Å². The molecule has 0 unspecified atom stereocenters. The number of esters is 1. The summed E-state index contributed by atoms with van der Waals surface area (Å²) in [6, 6.07) is 8.07. The number of carbonyl (C=O) groups is 1. The van der Waals surface area contributed by atoms with Crippen LogP contribution < -0.4 is 0 Å². The molecule has 0 aliphatic carbocycles. The van der Waals surface area contributed by atoms with Crippen LogP contribution >= 0.6 is 12.2 Å². The van der Waals surface area contributed by atoms with E-state index in [9.17, 15) is 4.79 Å². The lowest BCUT2D eigenvalue weighted by atomic mass is 9.89. The van der Waals surface area contributed by atoms with Crippen molar-refractivity contribution in [2.45, 2.75) is 25.8 Å². The number of thiocarbonyl (C=S) groups is 1. The van der Waals surface area contributed by atoms with Gasteiger partial charge in [-0.3, -0.25) is 14.7 Å². The number of benzene rings is 1. The van der Waals surface area contributed by atoms with Crippen molar-refractivity contribution < 1.29 is 14.3 Å². The molecule has 5 nitrogen and oxygen atoms in total. The lowest BCUT2D eigenvalue weighted by Crippen LogP contribution is -2.54. The second-order valence-corrected chi connectivity index (χ2v) is 6.69. The summed E-state index contributed by atoms with van der Waals surface area (Å²) in [5, 5.41) is 1.66. The minimum absolute atomic E-state index is 0.247. The zero-order valence-electron chi connectivity index (χ0n) is 15.2. The van der Waals surface area contributed by atoms with E-state index in [2.05, 4.69) is 18.7 Å². The summed E-state index contributed by atoms with van der Waals surface area (Å²) in [7, 11) is 1.40. The van der Waals surface area contributed by atoms with Crippen molar-refractivity contribution in [2.75, 3.05) is 40.0 Å². The van der Waals surface area contributed by atoms with Crippen LogP contribution in [0.25, 0.3) is 0 Å². The summed E-state index contributed by atoms with van der Waals surface area (Å²) in [6.45, 7) is 7.92. The molecule has 0 bridgehead atoms. The van der Waals surface area contributed by atoms with Gasteiger partial charge in [-0.15, -0.1) is 0 Å². The summed E-state index contributed by atoms with van der Waals surface area (Å²) in [6.07, 6.45) is 0.275. The third-order valence-corrected chi connectivity index (χ3v) is 4.79. The van der Waals surface area contributed by atoms with Crippen molar-refractivity contribution in [3.8, 4) is 0 Å². The first kappa shape index (κ1) is 19.7. The highest BCUT2D eigenvalue weighted by atomic mass is 32.1. The first-order valence-corrected chi connectivity index (χ1v) is 8.96. The molecule has 1 heterocycles. The number of methoxy groups -OCH3 is 1. The number of ether oxygens (including phenoxy) is 2. The Balaban J connectivity index is 2.30. The first-order chi connectivity index (χ1) is 12.0. The van der Waals surface area contributed by atoms with Crippen molar-refractivity contribution in [3.05, 3.63) is 35.4 Å². The second-order valence-electron chi connectivity index (χ2n) is 6.45. The van der Waals surface area contributed by atoms with Gasteiger partial charge < -0.3 is 9.47 Å². The van der Waals surface area contributed by atoms with Crippen LogP contribution in [0.4, 0.5) is 0 Å². The summed E-state index contributed by atoms with van der Waals surface area (Å²) < 4.78 is 10.2. The molecule has 0 radical (unpaired) electrons. The lowest BCUT2D eigenvalue weighted by molar-refractivity contribution is -0.140. The van der Waals surface area contributed by atoms with E-state index in [1.807, 2.05) is 24.3 Å². The van der Waals surface area contributed by atoms with Crippen molar-refractivity contribution in [2.24, 2.45) is 4.99 Å². The molecule has 0 N–H and O–H groups in total. The van der Waals surface area contributed by atoms with Crippen LogP contribution in [0.2, 0.25) is 0 Å². The molecule has 6 heteroatoms. The van der Waals surface area contributed by atoms with Gasteiger partial charge in [0, 0.05) is 25.0 Å². The maximum absolute atomic E-state index is 11.4. The van der Waals surface area contributed by atoms with Gasteiger partial charge in [0.25, 0.3) is 0 Å². The van der Waals surface area contributed by atoms with Crippen molar-refractivity contribution in [1.29, 1.82) is 0 Å². The van der Waals surface area contributed by atoms with E-state index >= 15 is 0 Å².